The van der Waals surface area contributed by atoms with Crippen molar-refractivity contribution in [2.75, 3.05) is 47.5 Å². The Morgan fingerprint density at radius 2 is 0.838 bits per heavy atom. The Labute approximate surface area is 417 Å². The molecular weight excluding hydrogens is 870 g/mol. The van der Waals surface area contributed by atoms with Gasteiger partial charge in [-0.1, -0.05) is 195 Å². The molecular formula is C58H100NO8P. The number of allylic oxidation sites excluding steroid dienone is 16. The summed E-state index contributed by atoms with van der Waals surface area (Å²) in [5.41, 5.74) is 0. The van der Waals surface area contributed by atoms with Crippen LogP contribution in [0.25, 0.3) is 0 Å². The first kappa shape index (κ1) is 64.9. The van der Waals surface area contributed by atoms with Gasteiger partial charge < -0.3 is 27.9 Å². The average Bonchev–Trinajstić information content (AvgIpc) is 3.30. The summed E-state index contributed by atoms with van der Waals surface area (Å²) >= 11 is 0. The number of unbranched alkanes of at least 4 members (excludes halogenated alkanes) is 18. The SMILES string of the molecule is CC/C=C\C/C=C\C/C=C\C/C=C\C/C=C\C/C=C\CCCCCCCCCCC(=O)OC(COC(=O)CCCCCCCCC/C=C\C/C=C\CCCCC)COP(=O)([O-])OCC[N+](C)(C)C. The molecule has 9 nitrogen and oxygen atoms in total. The van der Waals surface area contributed by atoms with Crippen LogP contribution in [0.1, 0.15) is 206 Å². The molecule has 0 heterocycles. The Kier molecular flexibility index (Phi) is 46.7. The van der Waals surface area contributed by atoms with Crippen molar-refractivity contribution in [1.29, 1.82) is 0 Å². The Hall–Kier alpha value is -3.07. The molecule has 0 aliphatic carbocycles. The quantitative estimate of drug-likeness (QED) is 0.0195. The fourth-order valence-corrected chi connectivity index (χ4v) is 7.65. The van der Waals surface area contributed by atoms with Crippen molar-refractivity contribution in [2.45, 2.75) is 213 Å². The fraction of sp³-hybridized carbons (Fsp3) is 0.690. The molecule has 68 heavy (non-hydrogen) atoms. The fourth-order valence-electron chi connectivity index (χ4n) is 6.92. The van der Waals surface area contributed by atoms with Gasteiger partial charge in [0.25, 0.3) is 7.82 Å². The van der Waals surface area contributed by atoms with Crippen molar-refractivity contribution in [1.82, 2.24) is 0 Å². The summed E-state index contributed by atoms with van der Waals surface area (Å²) in [6, 6.07) is 0. The number of rotatable bonds is 48. The van der Waals surface area contributed by atoms with Crippen LogP contribution < -0.4 is 4.89 Å². The first-order chi connectivity index (χ1) is 33.0. The highest BCUT2D eigenvalue weighted by Gasteiger charge is 2.21. The largest absolute Gasteiger partial charge is 0.756 e. The Morgan fingerprint density at radius 3 is 1.25 bits per heavy atom. The van der Waals surface area contributed by atoms with E-state index < -0.39 is 32.5 Å². The topological polar surface area (TPSA) is 111 Å². The van der Waals surface area contributed by atoms with Gasteiger partial charge in [-0.25, -0.2) is 0 Å². The number of hydrogen-bond donors (Lipinski definition) is 0. The van der Waals surface area contributed by atoms with Crippen molar-refractivity contribution in [2.24, 2.45) is 0 Å². The third kappa shape index (κ3) is 52.3. The van der Waals surface area contributed by atoms with E-state index in [4.69, 9.17) is 18.5 Å². The minimum absolute atomic E-state index is 0.0389. The molecule has 390 valence electrons. The van der Waals surface area contributed by atoms with Crippen LogP contribution >= 0.6 is 7.82 Å². The van der Waals surface area contributed by atoms with Gasteiger partial charge in [0, 0.05) is 12.8 Å². The first-order valence-electron chi connectivity index (χ1n) is 26.9. The molecule has 0 saturated carbocycles. The van der Waals surface area contributed by atoms with Crippen LogP contribution in [-0.4, -0.2) is 70.0 Å². The van der Waals surface area contributed by atoms with Gasteiger partial charge in [0.15, 0.2) is 6.10 Å². The standard InChI is InChI=1S/C58H100NO8P/c1-6-8-10-12-14-16-18-20-22-24-25-26-27-28-29-30-31-32-33-35-37-39-41-43-45-47-49-51-58(61)67-56(55-66-68(62,63)65-53-52-59(3,4)5)54-64-57(60)50-48-46-44-42-40-38-36-34-23-21-19-17-15-13-11-9-7-2/h8,10,14-17,20-23,25-26,28-29,31-32,56H,6-7,9,11-13,18-19,24,27,30,33-55H2,1-5H3/b10-8-,16-14-,17-15-,22-20-,23-21-,26-25-,29-28-,32-31-. The lowest BCUT2D eigenvalue weighted by Gasteiger charge is -2.28. The molecule has 2 atom stereocenters. The van der Waals surface area contributed by atoms with Crippen LogP contribution in [0, 0.1) is 0 Å². The zero-order chi connectivity index (χ0) is 49.9. The van der Waals surface area contributed by atoms with E-state index in [2.05, 4.69) is 111 Å². The maximum atomic E-state index is 12.8. The van der Waals surface area contributed by atoms with Crippen molar-refractivity contribution in [3.63, 3.8) is 0 Å². The van der Waals surface area contributed by atoms with E-state index in [0.29, 0.717) is 23.9 Å². The van der Waals surface area contributed by atoms with Gasteiger partial charge in [-0.2, -0.15) is 0 Å². The van der Waals surface area contributed by atoms with E-state index in [1.54, 1.807) is 0 Å². The molecule has 0 bridgehead atoms. The van der Waals surface area contributed by atoms with Gasteiger partial charge in [-0.15, -0.1) is 0 Å². The van der Waals surface area contributed by atoms with Crippen molar-refractivity contribution < 1.29 is 42.1 Å². The maximum Gasteiger partial charge on any atom is 0.306 e. The highest BCUT2D eigenvalue weighted by Crippen LogP contribution is 2.38. The number of quaternary nitrogens is 1. The Balaban J connectivity index is 4.26. The summed E-state index contributed by atoms with van der Waals surface area (Å²) in [5, 5.41) is 0. The summed E-state index contributed by atoms with van der Waals surface area (Å²) in [5.74, 6) is -0.857. The van der Waals surface area contributed by atoms with Crippen molar-refractivity contribution >= 4 is 19.8 Å². The van der Waals surface area contributed by atoms with Crippen LogP contribution in [-0.2, 0) is 32.7 Å². The molecule has 0 aromatic carbocycles. The molecule has 0 aliphatic rings. The third-order valence-electron chi connectivity index (χ3n) is 11.1. The normalized spacial score (nSPS) is 14.1. The highest BCUT2D eigenvalue weighted by molar-refractivity contribution is 7.45. The summed E-state index contributed by atoms with van der Waals surface area (Å²) in [6.07, 6.45) is 65.8. The number of nitrogens with zero attached hydrogens (tertiary/aromatic N) is 1. The number of carbonyl (C=O) groups excluding carboxylic acids is 2. The van der Waals surface area contributed by atoms with Gasteiger partial charge in [0.05, 0.1) is 27.7 Å². The average molecular weight is 970 g/mol. The number of phosphoric ester groups is 1. The van der Waals surface area contributed by atoms with E-state index in [1.165, 1.54) is 70.6 Å². The van der Waals surface area contributed by atoms with E-state index in [9.17, 15) is 19.0 Å². The summed E-state index contributed by atoms with van der Waals surface area (Å²) in [6.45, 7) is 4.07. The maximum absolute atomic E-state index is 12.8. The number of hydrogen-bond acceptors (Lipinski definition) is 8. The van der Waals surface area contributed by atoms with E-state index in [-0.39, 0.29) is 26.1 Å². The summed E-state index contributed by atoms with van der Waals surface area (Å²) < 4.78 is 34.1. The zero-order valence-corrected chi connectivity index (χ0v) is 44.9. The van der Waals surface area contributed by atoms with E-state index >= 15 is 0 Å². The Morgan fingerprint density at radius 1 is 0.471 bits per heavy atom. The lowest BCUT2D eigenvalue weighted by molar-refractivity contribution is -0.870. The third-order valence-corrected chi connectivity index (χ3v) is 12.1. The van der Waals surface area contributed by atoms with Crippen LogP contribution in [0.15, 0.2) is 97.2 Å². The lowest BCUT2D eigenvalue weighted by Crippen LogP contribution is -2.37. The van der Waals surface area contributed by atoms with Crippen molar-refractivity contribution in [3.8, 4) is 0 Å². The van der Waals surface area contributed by atoms with Gasteiger partial charge in [0.1, 0.15) is 19.8 Å². The number of carbonyl (C=O) groups is 2. The zero-order valence-electron chi connectivity index (χ0n) is 44.0. The minimum atomic E-state index is -4.64. The molecule has 10 heteroatoms. The number of likely N-dealkylation sites (N-methyl/N-ethyl adjacent to an activating group) is 1. The van der Waals surface area contributed by atoms with Gasteiger partial charge in [-0.05, 0) is 96.3 Å². The van der Waals surface area contributed by atoms with Crippen LogP contribution in [0.2, 0.25) is 0 Å². The van der Waals surface area contributed by atoms with Gasteiger partial charge in [-0.3, -0.25) is 14.2 Å². The molecule has 0 spiro atoms. The van der Waals surface area contributed by atoms with Gasteiger partial charge >= 0.3 is 11.9 Å². The molecule has 0 rings (SSSR count). The second-order valence-corrected chi connectivity index (χ2v) is 20.3. The Bertz CT molecular complexity index is 1470. The minimum Gasteiger partial charge on any atom is -0.756 e. The van der Waals surface area contributed by atoms with E-state index in [1.807, 2.05) is 21.1 Å². The highest BCUT2D eigenvalue weighted by atomic mass is 31.2. The molecule has 0 aromatic rings. The van der Waals surface area contributed by atoms with Crippen molar-refractivity contribution in [3.05, 3.63) is 97.2 Å². The lowest BCUT2D eigenvalue weighted by atomic mass is 10.1. The monoisotopic (exact) mass is 970 g/mol. The number of ether oxygens (including phenoxy) is 2. The smallest absolute Gasteiger partial charge is 0.306 e. The number of esters is 2. The van der Waals surface area contributed by atoms with E-state index in [0.717, 1.165) is 96.3 Å². The van der Waals surface area contributed by atoms with Crippen LogP contribution in [0.4, 0.5) is 0 Å². The van der Waals surface area contributed by atoms with Gasteiger partial charge in [0.2, 0.25) is 0 Å². The molecule has 2 unspecified atom stereocenters. The van der Waals surface area contributed by atoms with Crippen LogP contribution in [0.5, 0.6) is 0 Å². The molecule has 0 amide bonds. The molecule has 0 N–H and O–H groups in total. The summed E-state index contributed by atoms with van der Waals surface area (Å²) in [7, 11) is 1.14. The second-order valence-electron chi connectivity index (χ2n) is 18.9. The predicted molar refractivity (Wildman–Crippen MR) is 286 cm³/mol. The molecule has 0 fully saturated rings. The second kappa shape index (κ2) is 48.9. The molecule has 0 radical (unpaired) electrons. The molecule has 0 saturated heterocycles. The predicted octanol–water partition coefficient (Wildman–Crippen LogP) is 15.8. The molecule has 0 aliphatic heterocycles. The summed E-state index contributed by atoms with van der Waals surface area (Å²) in [4.78, 5) is 37.8. The first-order valence-corrected chi connectivity index (χ1v) is 28.4. The number of phosphoric acid groups is 1. The van der Waals surface area contributed by atoms with Crippen LogP contribution in [0.3, 0.4) is 0 Å². The molecule has 0 aromatic heterocycles.